The number of nitrogens with zero attached hydrogens (tertiary/aromatic N) is 1. The molecule has 0 fully saturated rings. The van der Waals surface area contributed by atoms with Crippen LogP contribution >= 0.6 is 0 Å². The van der Waals surface area contributed by atoms with Crippen LogP contribution in [0.1, 0.15) is 27.7 Å². The van der Waals surface area contributed by atoms with Gasteiger partial charge in [-0.05, 0) is 5.92 Å². The smallest absolute Gasteiger partial charge is 0.324 e. The van der Waals surface area contributed by atoms with Crippen LogP contribution in [-0.2, 0) is 9.53 Å². The molecule has 0 aromatic carbocycles. The Kier molecular flexibility index (Phi) is 6.49. The number of methoxy groups -OCH3 is 1. The molecule has 0 bridgehead atoms. The maximum absolute atomic E-state index is 11.4. The Morgan fingerprint density at radius 2 is 1.86 bits per heavy atom. The van der Waals surface area contributed by atoms with Gasteiger partial charge in [0, 0.05) is 13.1 Å². The molecule has 14 heavy (non-hydrogen) atoms. The van der Waals surface area contributed by atoms with E-state index in [1.807, 2.05) is 32.7 Å². The zero-order valence-corrected chi connectivity index (χ0v) is 9.83. The molecule has 0 saturated heterocycles. The van der Waals surface area contributed by atoms with E-state index in [-0.39, 0.29) is 17.9 Å². The van der Waals surface area contributed by atoms with Crippen molar-refractivity contribution in [2.45, 2.75) is 33.7 Å². The van der Waals surface area contributed by atoms with Gasteiger partial charge < -0.3 is 4.74 Å². The molecule has 4 nitrogen and oxygen atoms in total. The van der Waals surface area contributed by atoms with Gasteiger partial charge in [-0.2, -0.15) is 0 Å². The average molecular weight is 202 g/mol. The van der Waals surface area contributed by atoms with E-state index in [1.54, 1.807) is 0 Å². The molecule has 0 aliphatic carbocycles. The van der Waals surface area contributed by atoms with Crippen LogP contribution in [0, 0.1) is 5.92 Å². The molecule has 0 heterocycles. The van der Waals surface area contributed by atoms with Crippen molar-refractivity contribution in [3.05, 3.63) is 0 Å². The van der Waals surface area contributed by atoms with E-state index in [0.717, 1.165) is 13.1 Å². The molecule has 0 aliphatic heterocycles. The van der Waals surface area contributed by atoms with Gasteiger partial charge >= 0.3 is 5.97 Å². The second-order valence-corrected chi connectivity index (χ2v) is 3.55. The van der Waals surface area contributed by atoms with Crippen LogP contribution in [0.25, 0.3) is 0 Å². The van der Waals surface area contributed by atoms with Crippen molar-refractivity contribution < 1.29 is 9.53 Å². The van der Waals surface area contributed by atoms with Gasteiger partial charge in [-0.3, -0.25) is 4.79 Å². The lowest BCUT2D eigenvalue weighted by Crippen LogP contribution is -2.51. The average Bonchev–Trinajstić information content (AvgIpc) is 2.18. The number of hydrazine groups is 1. The number of carbonyl (C=O) groups excluding carboxylic acids is 1. The molecule has 0 radical (unpaired) electrons. The monoisotopic (exact) mass is 202 g/mol. The van der Waals surface area contributed by atoms with Gasteiger partial charge in [0.2, 0.25) is 0 Å². The molecular weight excluding hydrogens is 180 g/mol. The highest BCUT2D eigenvalue weighted by Gasteiger charge is 2.23. The normalized spacial score (nSPS) is 13.4. The largest absolute Gasteiger partial charge is 0.468 e. The molecule has 0 saturated carbocycles. The van der Waals surface area contributed by atoms with Gasteiger partial charge in [-0.15, -0.1) is 0 Å². The van der Waals surface area contributed by atoms with Crippen molar-refractivity contribution in [2.75, 3.05) is 20.2 Å². The summed E-state index contributed by atoms with van der Waals surface area (Å²) < 4.78 is 4.74. The summed E-state index contributed by atoms with van der Waals surface area (Å²) in [6.07, 6.45) is 0. The Bertz CT molecular complexity index is 168. The van der Waals surface area contributed by atoms with Gasteiger partial charge in [0.25, 0.3) is 0 Å². The van der Waals surface area contributed by atoms with Gasteiger partial charge in [0.1, 0.15) is 6.04 Å². The lowest BCUT2D eigenvalue weighted by Gasteiger charge is -2.27. The summed E-state index contributed by atoms with van der Waals surface area (Å²) in [5.41, 5.74) is 3.16. The molecule has 0 rings (SSSR count). The lowest BCUT2D eigenvalue weighted by molar-refractivity contribution is -0.146. The minimum absolute atomic E-state index is 0.202. The predicted octanol–water partition coefficient (Wildman–Crippen LogP) is 1.03. The third-order valence-corrected chi connectivity index (χ3v) is 2.21. The number of hydrogen-bond donors (Lipinski definition) is 1. The topological polar surface area (TPSA) is 41.6 Å². The molecule has 84 valence electrons. The second-order valence-electron chi connectivity index (χ2n) is 3.55. The Morgan fingerprint density at radius 1 is 1.36 bits per heavy atom. The van der Waals surface area contributed by atoms with Gasteiger partial charge in [-0.25, -0.2) is 10.4 Å². The number of nitrogens with one attached hydrogen (secondary N) is 1. The van der Waals surface area contributed by atoms with Crippen molar-refractivity contribution >= 4 is 5.97 Å². The summed E-state index contributed by atoms with van der Waals surface area (Å²) in [5.74, 6) is 0.0231. The molecule has 4 heteroatoms. The third-order valence-electron chi connectivity index (χ3n) is 2.21. The van der Waals surface area contributed by atoms with Crippen LogP contribution < -0.4 is 5.43 Å². The molecule has 0 aliphatic rings. The quantitative estimate of drug-likeness (QED) is 0.516. The first-order valence-electron chi connectivity index (χ1n) is 5.15. The predicted molar refractivity (Wildman–Crippen MR) is 56.7 cm³/mol. The first-order valence-corrected chi connectivity index (χ1v) is 5.15. The molecule has 0 aromatic heterocycles. The Hall–Kier alpha value is -0.610. The Labute approximate surface area is 86.6 Å². The van der Waals surface area contributed by atoms with Crippen LogP contribution in [-0.4, -0.2) is 37.2 Å². The van der Waals surface area contributed by atoms with Crippen LogP contribution in [0.5, 0.6) is 0 Å². The fourth-order valence-electron chi connectivity index (χ4n) is 1.20. The number of esters is 1. The fourth-order valence-corrected chi connectivity index (χ4v) is 1.20. The van der Waals surface area contributed by atoms with Gasteiger partial charge in [0.05, 0.1) is 7.11 Å². The van der Waals surface area contributed by atoms with E-state index in [0.29, 0.717) is 0 Å². The summed E-state index contributed by atoms with van der Waals surface area (Å²) in [7, 11) is 1.42. The summed E-state index contributed by atoms with van der Waals surface area (Å²) in [6, 6.07) is -0.250. The summed E-state index contributed by atoms with van der Waals surface area (Å²) in [5, 5.41) is 2.00. The standard InChI is InChI=1S/C10H22N2O2/c1-6-12(7-2)11-9(8(3)4)10(13)14-5/h8-9,11H,6-7H2,1-5H3. The number of rotatable bonds is 6. The van der Waals surface area contributed by atoms with Crippen molar-refractivity contribution in [2.24, 2.45) is 5.92 Å². The number of carbonyl (C=O) groups is 1. The summed E-state index contributed by atoms with van der Waals surface area (Å²) in [4.78, 5) is 11.4. The summed E-state index contributed by atoms with van der Waals surface area (Å²) >= 11 is 0. The highest BCUT2D eigenvalue weighted by Crippen LogP contribution is 2.04. The number of ether oxygens (including phenoxy) is 1. The SMILES string of the molecule is CCN(CC)NC(C(=O)OC)C(C)C. The van der Waals surface area contributed by atoms with E-state index >= 15 is 0 Å². The van der Waals surface area contributed by atoms with E-state index < -0.39 is 0 Å². The molecule has 1 unspecified atom stereocenters. The van der Waals surface area contributed by atoms with Gasteiger partial charge in [0.15, 0.2) is 0 Å². The summed E-state index contributed by atoms with van der Waals surface area (Å²) in [6.45, 7) is 9.83. The van der Waals surface area contributed by atoms with E-state index in [4.69, 9.17) is 4.74 Å². The zero-order chi connectivity index (χ0) is 11.1. The van der Waals surface area contributed by atoms with Crippen molar-refractivity contribution in [3.63, 3.8) is 0 Å². The zero-order valence-electron chi connectivity index (χ0n) is 9.83. The molecule has 1 atom stereocenters. The van der Waals surface area contributed by atoms with Crippen molar-refractivity contribution in [3.8, 4) is 0 Å². The molecule has 0 amide bonds. The van der Waals surface area contributed by atoms with Crippen LogP contribution in [0.2, 0.25) is 0 Å². The van der Waals surface area contributed by atoms with Crippen LogP contribution in [0.4, 0.5) is 0 Å². The maximum atomic E-state index is 11.4. The molecular formula is C10H22N2O2. The van der Waals surface area contributed by atoms with Crippen molar-refractivity contribution in [1.82, 2.24) is 10.4 Å². The van der Waals surface area contributed by atoms with E-state index in [2.05, 4.69) is 5.43 Å². The van der Waals surface area contributed by atoms with Crippen LogP contribution in [0.3, 0.4) is 0 Å². The molecule has 0 aromatic rings. The van der Waals surface area contributed by atoms with Crippen LogP contribution in [0.15, 0.2) is 0 Å². The Balaban J connectivity index is 4.28. The van der Waals surface area contributed by atoms with Crippen molar-refractivity contribution in [1.29, 1.82) is 0 Å². The Morgan fingerprint density at radius 3 is 2.14 bits per heavy atom. The molecule has 1 N–H and O–H groups in total. The minimum atomic E-state index is -0.250. The van der Waals surface area contributed by atoms with E-state index in [9.17, 15) is 4.79 Å². The maximum Gasteiger partial charge on any atom is 0.324 e. The van der Waals surface area contributed by atoms with Gasteiger partial charge in [-0.1, -0.05) is 27.7 Å². The minimum Gasteiger partial charge on any atom is -0.468 e. The molecule has 0 spiro atoms. The number of hydrogen-bond acceptors (Lipinski definition) is 4. The first kappa shape index (κ1) is 13.4. The fraction of sp³-hybridized carbons (Fsp3) is 0.900. The third kappa shape index (κ3) is 4.07. The second kappa shape index (κ2) is 6.79. The highest BCUT2D eigenvalue weighted by atomic mass is 16.5. The highest BCUT2D eigenvalue weighted by molar-refractivity contribution is 5.75. The van der Waals surface area contributed by atoms with E-state index in [1.165, 1.54) is 7.11 Å². The first-order chi connectivity index (χ1) is 6.56. The lowest BCUT2D eigenvalue weighted by atomic mass is 10.1.